The van der Waals surface area contributed by atoms with Crippen LogP contribution in [0.15, 0.2) is 12.1 Å². The van der Waals surface area contributed by atoms with Gasteiger partial charge in [-0.1, -0.05) is 11.6 Å². The predicted octanol–water partition coefficient (Wildman–Crippen LogP) is 2.50. The lowest BCUT2D eigenvalue weighted by Gasteiger charge is -2.14. The lowest BCUT2D eigenvalue weighted by molar-refractivity contribution is 0.0800. The van der Waals surface area contributed by atoms with E-state index in [9.17, 15) is 0 Å². The summed E-state index contributed by atoms with van der Waals surface area (Å²) in [6.45, 7) is 3.01. The van der Waals surface area contributed by atoms with Crippen molar-refractivity contribution in [1.29, 1.82) is 0 Å². The van der Waals surface area contributed by atoms with E-state index in [2.05, 4.69) is 5.32 Å². The van der Waals surface area contributed by atoms with Crippen LogP contribution in [0.1, 0.15) is 12.0 Å². The van der Waals surface area contributed by atoms with Crippen LogP contribution in [0.2, 0.25) is 5.02 Å². The van der Waals surface area contributed by atoms with Crippen molar-refractivity contribution < 1.29 is 18.9 Å². The third-order valence-corrected chi connectivity index (χ3v) is 3.06. The topological polar surface area (TPSA) is 49.0 Å². The van der Waals surface area contributed by atoms with Gasteiger partial charge in [-0.2, -0.15) is 0 Å². The minimum Gasteiger partial charge on any atom is -0.493 e. The van der Waals surface area contributed by atoms with E-state index in [1.807, 2.05) is 19.2 Å². The first-order valence-electron chi connectivity index (χ1n) is 6.93. The summed E-state index contributed by atoms with van der Waals surface area (Å²) in [5.74, 6) is 1.19. The highest BCUT2D eigenvalue weighted by atomic mass is 35.5. The van der Waals surface area contributed by atoms with Gasteiger partial charge in [0.2, 0.25) is 0 Å². The zero-order valence-electron chi connectivity index (χ0n) is 12.9. The third-order valence-electron chi connectivity index (χ3n) is 2.78. The number of halogens is 1. The van der Waals surface area contributed by atoms with Gasteiger partial charge in [-0.3, -0.25) is 0 Å². The van der Waals surface area contributed by atoms with E-state index >= 15 is 0 Å². The molecule has 0 bridgehead atoms. The standard InChI is InChI=1S/C15H24ClNO4/c1-17-11-12-9-13(16)15(14(10-12)19-3)21-8-7-20-6-4-5-18-2/h9-10,17H,4-8,11H2,1-3H3. The van der Waals surface area contributed by atoms with E-state index in [-0.39, 0.29) is 0 Å². The lowest BCUT2D eigenvalue weighted by atomic mass is 10.2. The van der Waals surface area contributed by atoms with Crippen molar-refractivity contribution in [2.24, 2.45) is 0 Å². The fraction of sp³-hybridized carbons (Fsp3) is 0.600. The van der Waals surface area contributed by atoms with Gasteiger partial charge in [0, 0.05) is 26.9 Å². The van der Waals surface area contributed by atoms with E-state index in [4.69, 9.17) is 30.5 Å². The van der Waals surface area contributed by atoms with E-state index in [0.717, 1.165) is 18.5 Å². The van der Waals surface area contributed by atoms with Crippen molar-refractivity contribution in [3.63, 3.8) is 0 Å². The molecule has 1 N–H and O–H groups in total. The maximum atomic E-state index is 6.24. The Balaban J connectivity index is 2.46. The van der Waals surface area contributed by atoms with Crippen molar-refractivity contribution in [2.75, 3.05) is 47.7 Å². The lowest BCUT2D eigenvalue weighted by Crippen LogP contribution is -2.10. The molecule has 0 saturated carbocycles. The van der Waals surface area contributed by atoms with E-state index in [1.54, 1.807) is 14.2 Å². The van der Waals surface area contributed by atoms with Crippen molar-refractivity contribution in [3.05, 3.63) is 22.7 Å². The van der Waals surface area contributed by atoms with Crippen LogP contribution in [-0.4, -0.2) is 47.7 Å². The normalized spacial score (nSPS) is 10.7. The predicted molar refractivity (Wildman–Crippen MR) is 83.6 cm³/mol. The fourth-order valence-corrected chi connectivity index (χ4v) is 2.12. The molecule has 0 amide bonds. The molecule has 0 fully saturated rings. The Morgan fingerprint density at radius 3 is 2.57 bits per heavy atom. The van der Waals surface area contributed by atoms with Crippen molar-refractivity contribution >= 4 is 11.6 Å². The maximum Gasteiger partial charge on any atom is 0.179 e. The van der Waals surface area contributed by atoms with Gasteiger partial charge < -0.3 is 24.3 Å². The minimum absolute atomic E-state index is 0.425. The van der Waals surface area contributed by atoms with Crippen LogP contribution in [0, 0.1) is 0 Å². The minimum atomic E-state index is 0.425. The van der Waals surface area contributed by atoms with Crippen molar-refractivity contribution in [1.82, 2.24) is 5.32 Å². The second-order valence-corrected chi connectivity index (χ2v) is 4.85. The summed E-state index contributed by atoms with van der Waals surface area (Å²) in [6, 6.07) is 3.78. The van der Waals surface area contributed by atoms with E-state index < -0.39 is 0 Å². The molecule has 0 spiro atoms. The molecular weight excluding hydrogens is 294 g/mol. The molecule has 0 unspecified atom stereocenters. The molecule has 0 radical (unpaired) electrons. The second-order valence-electron chi connectivity index (χ2n) is 4.45. The summed E-state index contributed by atoms with van der Waals surface area (Å²) in [7, 11) is 5.16. The molecule has 6 heteroatoms. The van der Waals surface area contributed by atoms with Gasteiger partial charge in [-0.15, -0.1) is 0 Å². The fourth-order valence-electron chi connectivity index (χ4n) is 1.83. The van der Waals surface area contributed by atoms with Crippen molar-refractivity contribution in [2.45, 2.75) is 13.0 Å². The number of ether oxygens (including phenoxy) is 4. The molecule has 0 aliphatic heterocycles. The zero-order valence-corrected chi connectivity index (χ0v) is 13.7. The smallest absolute Gasteiger partial charge is 0.179 e. The summed E-state index contributed by atoms with van der Waals surface area (Å²) < 4.78 is 21.4. The Hall–Kier alpha value is -1.01. The highest BCUT2D eigenvalue weighted by molar-refractivity contribution is 6.32. The Labute approximate surface area is 131 Å². The molecule has 1 aromatic rings. The average molecular weight is 318 g/mol. The molecule has 0 atom stereocenters. The van der Waals surface area contributed by atoms with Gasteiger partial charge in [0.1, 0.15) is 6.61 Å². The van der Waals surface area contributed by atoms with E-state index in [1.165, 1.54) is 0 Å². The molecule has 1 rings (SSSR count). The molecule has 0 aromatic heterocycles. The molecule has 5 nitrogen and oxygen atoms in total. The molecule has 0 heterocycles. The second kappa shape index (κ2) is 10.7. The molecule has 120 valence electrons. The first kappa shape index (κ1) is 18.0. The number of hydrogen-bond acceptors (Lipinski definition) is 5. The highest BCUT2D eigenvalue weighted by Gasteiger charge is 2.11. The molecule has 0 aliphatic carbocycles. The number of methoxy groups -OCH3 is 2. The Morgan fingerprint density at radius 1 is 1.10 bits per heavy atom. The SMILES string of the molecule is CNCc1cc(Cl)c(OCCOCCCOC)c(OC)c1. The van der Waals surface area contributed by atoms with Gasteiger partial charge >= 0.3 is 0 Å². The number of nitrogens with one attached hydrogen (secondary N) is 1. The van der Waals surface area contributed by atoms with Gasteiger partial charge in [-0.05, 0) is 31.2 Å². The van der Waals surface area contributed by atoms with Crippen LogP contribution in [0.4, 0.5) is 0 Å². The van der Waals surface area contributed by atoms with Crippen LogP contribution in [0.3, 0.4) is 0 Å². The summed E-state index contributed by atoms with van der Waals surface area (Å²) >= 11 is 6.24. The summed E-state index contributed by atoms with van der Waals surface area (Å²) in [4.78, 5) is 0. The molecule has 0 aliphatic rings. The van der Waals surface area contributed by atoms with Crippen molar-refractivity contribution in [3.8, 4) is 11.5 Å². The highest BCUT2D eigenvalue weighted by Crippen LogP contribution is 2.36. The van der Waals surface area contributed by atoms with Crippen LogP contribution in [-0.2, 0) is 16.0 Å². The molecular formula is C15H24ClNO4. The van der Waals surface area contributed by atoms with Gasteiger partial charge in [0.05, 0.1) is 18.7 Å². The largest absolute Gasteiger partial charge is 0.493 e. The summed E-state index contributed by atoms with van der Waals surface area (Å²) in [6.07, 6.45) is 0.874. The Kier molecular flexibility index (Phi) is 9.17. The quantitative estimate of drug-likeness (QED) is 0.635. The van der Waals surface area contributed by atoms with Gasteiger partial charge in [0.15, 0.2) is 11.5 Å². The monoisotopic (exact) mass is 317 g/mol. The van der Waals surface area contributed by atoms with Crippen LogP contribution in [0.5, 0.6) is 11.5 Å². The summed E-state index contributed by atoms with van der Waals surface area (Å²) in [5, 5.41) is 3.61. The average Bonchev–Trinajstić information content (AvgIpc) is 2.48. The number of benzene rings is 1. The molecule has 0 saturated heterocycles. The van der Waals surface area contributed by atoms with Crippen LogP contribution < -0.4 is 14.8 Å². The number of hydrogen-bond donors (Lipinski definition) is 1. The van der Waals surface area contributed by atoms with E-state index in [0.29, 0.717) is 42.9 Å². The molecule has 21 heavy (non-hydrogen) atoms. The Bertz CT molecular complexity index is 415. The maximum absolute atomic E-state index is 6.24. The first-order chi connectivity index (χ1) is 10.2. The first-order valence-corrected chi connectivity index (χ1v) is 7.31. The third kappa shape index (κ3) is 6.52. The van der Waals surface area contributed by atoms with Crippen LogP contribution >= 0.6 is 11.6 Å². The Morgan fingerprint density at radius 2 is 1.90 bits per heavy atom. The number of rotatable bonds is 11. The molecule has 1 aromatic carbocycles. The van der Waals surface area contributed by atoms with Gasteiger partial charge in [-0.25, -0.2) is 0 Å². The van der Waals surface area contributed by atoms with Crippen LogP contribution in [0.25, 0.3) is 0 Å². The zero-order chi connectivity index (χ0) is 15.5. The summed E-state index contributed by atoms with van der Waals surface area (Å²) in [5.41, 5.74) is 1.04. The van der Waals surface area contributed by atoms with Gasteiger partial charge in [0.25, 0.3) is 0 Å².